The Balaban J connectivity index is 1.30. The van der Waals surface area contributed by atoms with E-state index in [0.717, 1.165) is 37.6 Å². The number of rotatable bonds is 3. The Bertz CT molecular complexity index is 489. The highest BCUT2D eigenvalue weighted by molar-refractivity contribution is 5.81. The number of hydrogen-bond donors (Lipinski definition) is 0. The molecule has 2 saturated heterocycles. The molecule has 0 aromatic heterocycles. The lowest BCUT2D eigenvalue weighted by atomic mass is 9.85. The Labute approximate surface area is 144 Å². The van der Waals surface area contributed by atoms with Crippen molar-refractivity contribution in [2.24, 2.45) is 23.7 Å². The van der Waals surface area contributed by atoms with Crippen LogP contribution in [0.1, 0.15) is 44.9 Å². The average Bonchev–Trinajstić information content (AvgIpc) is 3.25. The Hall–Kier alpha value is -1.10. The largest absolute Gasteiger partial charge is 0.378 e. The van der Waals surface area contributed by atoms with Crippen molar-refractivity contribution in [2.75, 3.05) is 39.4 Å². The number of fused-ring (bicyclic) bond motifs is 2. The predicted octanol–water partition coefficient (Wildman–Crippen LogP) is 1.91. The number of carbonyl (C=O) groups excluding carboxylic acids is 2. The Morgan fingerprint density at radius 1 is 0.958 bits per heavy atom. The zero-order chi connectivity index (χ0) is 16.5. The zero-order valence-electron chi connectivity index (χ0n) is 14.6. The van der Waals surface area contributed by atoms with Gasteiger partial charge in [0.1, 0.15) is 0 Å². The summed E-state index contributed by atoms with van der Waals surface area (Å²) < 4.78 is 5.34. The van der Waals surface area contributed by atoms with Crippen molar-refractivity contribution in [3.63, 3.8) is 0 Å². The summed E-state index contributed by atoms with van der Waals surface area (Å²) in [5, 5.41) is 0. The fourth-order valence-electron chi connectivity index (χ4n) is 5.43. The van der Waals surface area contributed by atoms with Gasteiger partial charge in [-0.2, -0.15) is 0 Å². The molecular formula is C19H30N2O3. The summed E-state index contributed by atoms with van der Waals surface area (Å²) in [5.74, 6) is 2.84. The molecule has 0 spiro atoms. The number of amides is 2. The summed E-state index contributed by atoms with van der Waals surface area (Å²) in [7, 11) is 0. The molecular weight excluding hydrogens is 304 g/mol. The first-order chi connectivity index (χ1) is 11.7. The van der Waals surface area contributed by atoms with Crippen molar-refractivity contribution in [1.82, 2.24) is 9.80 Å². The first-order valence-electron chi connectivity index (χ1n) is 9.85. The maximum absolute atomic E-state index is 12.8. The predicted molar refractivity (Wildman–Crippen MR) is 90.3 cm³/mol. The minimum Gasteiger partial charge on any atom is -0.378 e. The van der Waals surface area contributed by atoms with Gasteiger partial charge in [0, 0.05) is 32.6 Å². The maximum atomic E-state index is 12.8. The van der Waals surface area contributed by atoms with Crippen LogP contribution in [0.15, 0.2) is 0 Å². The first kappa shape index (κ1) is 16.4. The van der Waals surface area contributed by atoms with Crippen molar-refractivity contribution in [3.05, 3.63) is 0 Å². The van der Waals surface area contributed by atoms with Gasteiger partial charge in [-0.15, -0.1) is 0 Å². The molecule has 24 heavy (non-hydrogen) atoms. The lowest BCUT2D eigenvalue weighted by Gasteiger charge is -2.37. The number of nitrogens with zero attached hydrogens (tertiary/aromatic N) is 2. The van der Waals surface area contributed by atoms with Crippen LogP contribution in [0.5, 0.6) is 0 Å². The van der Waals surface area contributed by atoms with Gasteiger partial charge < -0.3 is 14.5 Å². The molecule has 4 aliphatic rings. The van der Waals surface area contributed by atoms with Crippen molar-refractivity contribution in [2.45, 2.75) is 44.9 Å². The van der Waals surface area contributed by atoms with Gasteiger partial charge in [0.05, 0.1) is 19.1 Å². The number of hydrogen-bond acceptors (Lipinski definition) is 3. The molecule has 4 atom stereocenters. The van der Waals surface area contributed by atoms with Gasteiger partial charge in [0.25, 0.3) is 0 Å². The van der Waals surface area contributed by atoms with Crippen LogP contribution in [0.2, 0.25) is 0 Å². The summed E-state index contributed by atoms with van der Waals surface area (Å²) in [5.41, 5.74) is 0. The molecule has 2 heterocycles. The summed E-state index contributed by atoms with van der Waals surface area (Å²) in [6.45, 7) is 4.17. The smallest absolute Gasteiger partial charge is 0.227 e. The molecule has 5 nitrogen and oxygen atoms in total. The third kappa shape index (κ3) is 3.32. The molecule has 2 bridgehead atoms. The van der Waals surface area contributed by atoms with Crippen LogP contribution in [-0.2, 0) is 14.3 Å². The number of ether oxygens (including phenoxy) is 1. The molecule has 134 valence electrons. The van der Waals surface area contributed by atoms with Gasteiger partial charge in [-0.05, 0) is 49.9 Å². The highest BCUT2D eigenvalue weighted by Gasteiger charge is 2.41. The summed E-state index contributed by atoms with van der Waals surface area (Å²) in [6.07, 6.45) is 7.95. The molecule has 5 heteroatoms. The SMILES string of the molecule is O=C(CC1CC2CCC1C2)N1CCCC(C(=O)N2CCOCC2)C1. The zero-order valence-corrected chi connectivity index (χ0v) is 14.6. The van der Waals surface area contributed by atoms with E-state index in [-0.39, 0.29) is 11.8 Å². The lowest BCUT2D eigenvalue weighted by Crippen LogP contribution is -2.49. The van der Waals surface area contributed by atoms with Gasteiger partial charge in [0.2, 0.25) is 11.8 Å². The van der Waals surface area contributed by atoms with Gasteiger partial charge in [-0.25, -0.2) is 0 Å². The van der Waals surface area contributed by atoms with E-state index < -0.39 is 0 Å². The van der Waals surface area contributed by atoms with Crippen molar-refractivity contribution in [1.29, 1.82) is 0 Å². The highest BCUT2D eigenvalue weighted by atomic mass is 16.5. The van der Waals surface area contributed by atoms with Crippen LogP contribution < -0.4 is 0 Å². The molecule has 0 N–H and O–H groups in total. The average molecular weight is 334 g/mol. The van der Waals surface area contributed by atoms with Gasteiger partial charge in [0.15, 0.2) is 0 Å². The van der Waals surface area contributed by atoms with Crippen molar-refractivity contribution < 1.29 is 14.3 Å². The summed E-state index contributed by atoms with van der Waals surface area (Å²) >= 11 is 0. The lowest BCUT2D eigenvalue weighted by molar-refractivity contribution is -0.144. The fourth-order valence-corrected chi connectivity index (χ4v) is 5.43. The van der Waals surface area contributed by atoms with E-state index in [1.807, 2.05) is 9.80 Å². The van der Waals surface area contributed by atoms with Gasteiger partial charge >= 0.3 is 0 Å². The third-order valence-corrected chi connectivity index (χ3v) is 6.77. The van der Waals surface area contributed by atoms with Crippen molar-refractivity contribution in [3.8, 4) is 0 Å². The van der Waals surface area contributed by atoms with Crippen LogP contribution in [0, 0.1) is 23.7 Å². The Morgan fingerprint density at radius 2 is 1.79 bits per heavy atom. The van der Waals surface area contributed by atoms with Gasteiger partial charge in [-0.3, -0.25) is 9.59 Å². The summed E-state index contributed by atoms with van der Waals surface area (Å²) in [6, 6.07) is 0. The topological polar surface area (TPSA) is 49.9 Å². The molecule has 0 aromatic rings. The standard InChI is InChI=1S/C19H30N2O3/c22-18(12-17-11-14-3-4-15(17)10-14)21-5-1-2-16(13-21)19(23)20-6-8-24-9-7-20/h14-17H,1-13H2. The van der Waals surface area contributed by atoms with E-state index in [9.17, 15) is 9.59 Å². The van der Waals surface area contributed by atoms with E-state index in [4.69, 9.17) is 4.74 Å². The molecule has 4 rings (SSSR count). The molecule has 2 aliphatic heterocycles. The number of piperidine rings is 1. The van der Waals surface area contributed by atoms with E-state index in [2.05, 4.69) is 0 Å². The number of likely N-dealkylation sites (tertiary alicyclic amines) is 1. The second kappa shape index (κ2) is 7.03. The molecule has 0 radical (unpaired) electrons. The molecule has 2 amide bonds. The second-order valence-corrected chi connectivity index (χ2v) is 8.26. The highest BCUT2D eigenvalue weighted by Crippen LogP contribution is 2.49. The number of morpholine rings is 1. The van der Waals surface area contributed by atoms with E-state index in [1.54, 1.807) is 0 Å². The van der Waals surface area contributed by atoms with Gasteiger partial charge in [-0.1, -0.05) is 6.42 Å². The minimum atomic E-state index is 0.000768. The quantitative estimate of drug-likeness (QED) is 0.792. The first-order valence-corrected chi connectivity index (χ1v) is 9.85. The minimum absolute atomic E-state index is 0.000768. The number of carbonyl (C=O) groups is 2. The fraction of sp³-hybridized carbons (Fsp3) is 0.895. The molecule has 4 unspecified atom stereocenters. The van der Waals surface area contributed by atoms with Crippen LogP contribution in [0.25, 0.3) is 0 Å². The third-order valence-electron chi connectivity index (χ3n) is 6.77. The molecule has 2 aliphatic carbocycles. The Morgan fingerprint density at radius 3 is 2.50 bits per heavy atom. The second-order valence-electron chi connectivity index (χ2n) is 8.26. The van der Waals surface area contributed by atoms with Crippen LogP contribution in [0.3, 0.4) is 0 Å². The van der Waals surface area contributed by atoms with Crippen LogP contribution in [0.4, 0.5) is 0 Å². The molecule has 2 saturated carbocycles. The van der Waals surface area contributed by atoms with Crippen molar-refractivity contribution >= 4 is 11.8 Å². The maximum Gasteiger partial charge on any atom is 0.227 e. The van der Waals surface area contributed by atoms with Crippen LogP contribution >= 0.6 is 0 Å². The van der Waals surface area contributed by atoms with Crippen LogP contribution in [-0.4, -0.2) is 61.0 Å². The molecule has 4 fully saturated rings. The Kier molecular flexibility index (Phi) is 4.79. The summed E-state index contributed by atoms with van der Waals surface area (Å²) in [4.78, 5) is 29.4. The van der Waals surface area contributed by atoms with E-state index in [1.165, 1.54) is 25.7 Å². The van der Waals surface area contributed by atoms with E-state index >= 15 is 0 Å². The molecule has 0 aromatic carbocycles. The monoisotopic (exact) mass is 334 g/mol. The normalized spacial score (nSPS) is 36.2. The van der Waals surface area contributed by atoms with E-state index in [0.29, 0.717) is 44.7 Å².